The molecule has 0 saturated carbocycles. The van der Waals surface area contributed by atoms with E-state index in [1.807, 2.05) is 13.8 Å². The second-order valence-corrected chi connectivity index (χ2v) is 11.0. The van der Waals surface area contributed by atoms with E-state index in [-0.39, 0.29) is 1.43 Å². The molecular weight excluding hydrogens is 402 g/mol. The van der Waals surface area contributed by atoms with Gasteiger partial charge in [-0.1, -0.05) is 76.1 Å². The van der Waals surface area contributed by atoms with E-state index < -0.39 is 0 Å². The standard InChI is InChI=1S/C29H41NO.C2H6.H2/c1-22-8-10-23(11-9-22)6-5-7-28(31)17-15-25-13-12-24(18-25)14-16-27-19-26(21-30-27)20-29(2,3)4;1-2;/h8-12,21,25H,5-7,13-20H2,1-4H3;1-2H3;1H. The van der Waals surface area contributed by atoms with Crippen molar-refractivity contribution < 1.29 is 6.22 Å². The molecular formula is C31H49NO. The summed E-state index contributed by atoms with van der Waals surface area (Å²) in [5.74, 6) is 1.12. The molecule has 3 rings (SSSR count). The minimum absolute atomic E-state index is 0. The van der Waals surface area contributed by atoms with Crippen molar-refractivity contribution in [2.75, 3.05) is 0 Å². The number of aryl methyl sites for hydroxylation is 2. The Bertz CT molecular complexity index is 839. The van der Waals surface area contributed by atoms with Crippen molar-refractivity contribution in [2.24, 2.45) is 16.3 Å². The molecule has 0 aromatic heterocycles. The lowest BCUT2D eigenvalue weighted by molar-refractivity contribution is -0.119. The Kier molecular flexibility index (Phi) is 11.3. The van der Waals surface area contributed by atoms with Gasteiger partial charge in [-0.3, -0.25) is 9.79 Å². The van der Waals surface area contributed by atoms with Crippen LogP contribution in [0, 0.1) is 18.3 Å². The van der Waals surface area contributed by atoms with Gasteiger partial charge in [0.15, 0.2) is 0 Å². The second-order valence-electron chi connectivity index (χ2n) is 11.0. The molecule has 184 valence electrons. The van der Waals surface area contributed by atoms with Crippen molar-refractivity contribution in [3.63, 3.8) is 0 Å². The number of Topliss-reactive ketones (excluding diaryl/α,β-unsaturated/α-hetero) is 1. The molecule has 0 N–H and O–H groups in total. The first-order valence-corrected chi connectivity index (χ1v) is 13.3. The zero-order chi connectivity index (χ0) is 24.3. The maximum Gasteiger partial charge on any atom is 0.132 e. The quantitative estimate of drug-likeness (QED) is 0.308. The van der Waals surface area contributed by atoms with Gasteiger partial charge in [0.25, 0.3) is 0 Å². The van der Waals surface area contributed by atoms with Crippen molar-refractivity contribution in [1.82, 2.24) is 0 Å². The molecule has 1 aromatic carbocycles. The molecule has 2 aliphatic rings. The highest BCUT2D eigenvalue weighted by atomic mass is 16.1. The summed E-state index contributed by atoms with van der Waals surface area (Å²) in [5, 5.41) is 0. The van der Waals surface area contributed by atoms with Gasteiger partial charge in [-0.05, 0) is 80.8 Å². The Morgan fingerprint density at radius 3 is 2.45 bits per heavy atom. The zero-order valence-electron chi connectivity index (χ0n) is 22.2. The van der Waals surface area contributed by atoms with Gasteiger partial charge in [-0.2, -0.15) is 0 Å². The van der Waals surface area contributed by atoms with E-state index in [0.717, 1.165) is 64.2 Å². The van der Waals surface area contributed by atoms with Crippen LogP contribution in [-0.4, -0.2) is 11.5 Å². The van der Waals surface area contributed by atoms with Gasteiger partial charge >= 0.3 is 0 Å². The highest BCUT2D eigenvalue weighted by Crippen LogP contribution is 2.33. The normalized spacial score (nSPS) is 17.8. The van der Waals surface area contributed by atoms with Crippen LogP contribution in [-0.2, 0) is 11.2 Å². The van der Waals surface area contributed by atoms with Crippen LogP contribution in [0.25, 0.3) is 0 Å². The Hall–Kier alpha value is -1.96. The lowest BCUT2D eigenvalue weighted by Gasteiger charge is -2.18. The van der Waals surface area contributed by atoms with E-state index in [0.29, 0.717) is 17.1 Å². The molecule has 2 nitrogen and oxygen atoms in total. The lowest BCUT2D eigenvalue weighted by Crippen LogP contribution is -2.07. The van der Waals surface area contributed by atoms with Gasteiger partial charge in [0, 0.05) is 32.6 Å². The molecule has 2 heteroatoms. The van der Waals surface area contributed by atoms with Gasteiger partial charge in [0.05, 0.1) is 0 Å². The third-order valence-electron chi connectivity index (χ3n) is 6.52. The van der Waals surface area contributed by atoms with Gasteiger partial charge in [0.2, 0.25) is 0 Å². The molecule has 0 fully saturated rings. The Morgan fingerprint density at radius 2 is 1.76 bits per heavy atom. The first-order valence-electron chi connectivity index (χ1n) is 13.3. The average molecular weight is 452 g/mol. The molecule has 33 heavy (non-hydrogen) atoms. The van der Waals surface area contributed by atoms with Gasteiger partial charge < -0.3 is 0 Å². The maximum absolute atomic E-state index is 12.3. The van der Waals surface area contributed by atoms with Crippen LogP contribution >= 0.6 is 0 Å². The number of carbonyl (C=O) groups is 1. The third kappa shape index (κ3) is 10.7. The van der Waals surface area contributed by atoms with Gasteiger partial charge in [-0.15, -0.1) is 0 Å². The molecule has 0 saturated heterocycles. The summed E-state index contributed by atoms with van der Waals surface area (Å²) in [7, 11) is 0. The van der Waals surface area contributed by atoms with Gasteiger partial charge in [-0.25, -0.2) is 0 Å². The summed E-state index contributed by atoms with van der Waals surface area (Å²) in [5.41, 5.74) is 7.41. The number of aliphatic imine (C=N–C) groups is 1. The van der Waals surface area contributed by atoms with Crippen molar-refractivity contribution in [3.05, 3.63) is 58.8 Å². The molecule has 1 heterocycles. The van der Waals surface area contributed by atoms with Crippen molar-refractivity contribution in [3.8, 4) is 0 Å². The van der Waals surface area contributed by atoms with Crippen LogP contribution in [0.3, 0.4) is 0 Å². The molecule has 0 amide bonds. The van der Waals surface area contributed by atoms with Crippen LogP contribution in [0.15, 0.2) is 52.7 Å². The maximum atomic E-state index is 12.3. The minimum atomic E-state index is 0. The predicted octanol–water partition coefficient (Wildman–Crippen LogP) is 9.22. The summed E-state index contributed by atoms with van der Waals surface area (Å²) >= 11 is 0. The second kappa shape index (κ2) is 13.7. The number of hydrogen-bond donors (Lipinski definition) is 0. The highest BCUT2D eigenvalue weighted by Gasteiger charge is 2.20. The predicted molar refractivity (Wildman–Crippen MR) is 146 cm³/mol. The summed E-state index contributed by atoms with van der Waals surface area (Å²) in [6.07, 6.45) is 15.9. The Labute approximate surface area is 205 Å². The fraction of sp³-hybridized carbons (Fsp3) is 0.613. The van der Waals surface area contributed by atoms with E-state index in [2.05, 4.69) is 69.2 Å². The zero-order valence-corrected chi connectivity index (χ0v) is 22.2. The smallest absolute Gasteiger partial charge is 0.132 e. The third-order valence-corrected chi connectivity index (χ3v) is 6.52. The molecule has 1 aliphatic heterocycles. The number of nitrogens with zero attached hydrogens (tertiary/aromatic N) is 1. The number of allylic oxidation sites excluding steroid dienone is 3. The minimum Gasteiger partial charge on any atom is -0.300 e. The van der Waals surface area contributed by atoms with Crippen LogP contribution in [0.1, 0.15) is 111 Å². The van der Waals surface area contributed by atoms with Crippen molar-refractivity contribution >= 4 is 11.5 Å². The molecule has 0 spiro atoms. The average Bonchev–Trinajstić information content (AvgIpc) is 3.41. The van der Waals surface area contributed by atoms with E-state index in [1.165, 1.54) is 28.8 Å². The van der Waals surface area contributed by atoms with E-state index in [1.54, 1.807) is 5.57 Å². The lowest BCUT2D eigenvalue weighted by atomic mass is 9.86. The Balaban J connectivity index is 0.00000188. The number of benzene rings is 1. The number of rotatable bonds is 11. The van der Waals surface area contributed by atoms with Crippen LogP contribution < -0.4 is 0 Å². The Morgan fingerprint density at radius 1 is 1.03 bits per heavy atom. The fourth-order valence-corrected chi connectivity index (χ4v) is 4.81. The van der Waals surface area contributed by atoms with E-state index in [4.69, 9.17) is 0 Å². The first kappa shape index (κ1) is 27.3. The largest absolute Gasteiger partial charge is 0.300 e. The SMILES string of the molecule is CC.Cc1ccc(CCCC(=O)CCC2CC=C(CCC3=NC=C(CC(C)(C)C)C3)C2)cc1.[HH]. The molecule has 1 aromatic rings. The topological polar surface area (TPSA) is 29.4 Å². The fourth-order valence-electron chi connectivity index (χ4n) is 4.81. The molecule has 1 unspecified atom stereocenters. The number of carbonyl (C=O) groups excluding carboxylic acids is 1. The summed E-state index contributed by atoms with van der Waals surface area (Å²) < 4.78 is 0. The molecule has 0 bridgehead atoms. The van der Waals surface area contributed by atoms with E-state index >= 15 is 0 Å². The number of ketones is 1. The van der Waals surface area contributed by atoms with Gasteiger partial charge in [0.1, 0.15) is 5.78 Å². The summed E-state index contributed by atoms with van der Waals surface area (Å²) in [4.78, 5) is 17.0. The molecule has 1 atom stereocenters. The van der Waals surface area contributed by atoms with E-state index in [9.17, 15) is 4.79 Å². The van der Waals surface area contributed by atoms with Crippen molar-refractivity contribution in [2.45, 2.75) is 112 Å². The van der Waals surface area contributed by atoms with Crippen LogP contribution in [0.4, 0.5) is 0 Å². The molecule has 0 radical (unpaired) electrons. The van der Waals surface area contributed by atoms with Crippen LogP contribution in [0.2, 0.25) is 0 Å². The summed E-state index contributed by atoms with van der Waals surface area (Å²) in [6.45, 7) is 13.0. The molecule has 1 aliphatic carbocycles. The monoisotopic (exact) mass is 451 g/mol. The summed E-state index contributed by atoms with van der Waals surface area (Å²) in [6, 6.07) is 8.68. The number of hydrogen-bond acceptors (Lipinski definition) is 2. The van der Waals surface area contributed by atoms with Crippen LogP contribution in [0.5, 0.6) is 0 Å². The van der Waals surface area contributed by atoms with Crippen molar-refractivity contribution in [1.29, 1.82) is 0 Å². The first-order chi connectivity index (χ1) is 15.8. The highest BCUT2D eigenvalue weighted by molar-refractivity contribution is 5.89.